The lowest BCUT2D eigenvalue weighted by Gasteiger charge is -2.30. The number of unbranched alkanes of at least 4 members (excludes halogenated alkanes) is 4. The minimum Gasteiger partial charge on any atom is -0.394 e. The number of halogens is 1. The summed E-state index contributed by atoms with van der Waals surface area (Å²) in [5.41, 5.74) is 19.1. The molecular weight excluding hydrogens is 756 g/mol. The zero-order chi connectivity index (χ0) is 41.9. The average molecular weight is 817 g/mol. The van der Waals surface area contributed by atoms with Crippen LogP contribution >= 0.6 is 11.6 Å². The van der Waals surface area contributed by atoms with Gasteiger partial charge in [-0.25, -0.2) is 9.97 Å². The summed E-state index contributed by atoms with van der Waals surface area (Å²) in [4.78, 5) is 34.5. The standard InChI is InChI=1S/C39H61ClN10O7/c1-2-3-4-9-20-50(22-29(52)32(54)33(55)30(53)23-51)21-10-19-45-28(37(43)56)17-16-25-15-14-24(26-12-5-6-13-27(25)26)11-7-8-18-46-39(44)49-38(57)31-35(41)48-36(42)34(40)47-31/h5-6,12-15,28-30,32-33,45,51-55H,2-4,7-11,16-23H2,1H3,(H2,43,56)(H4,41,42,48)(H3,44,46,49,57)/t28?,29-,30+,32+,33+/m0/s1. The predicted molar refractivity (Wildman–Crippen MR) is 222 cm³/mol. The number of rotatable bonds is 26. The molecule has 316 valence electrons. The van der Waals surface area contributed by atoms with Gasteiger partial charge in [-0.1, -0.05) is 74.2 Å². The lowest BCUT2D eigenvalue weighted by atomic mass is 9.93. The van der Waals surface area contributed by atoms with Gasteiger partial charge in [0.2, 0.25) is 5.91 Å². The van der Waals surface area contributed by atoms with E-state index in [4.69, 9.17) is 39.3 Å². The number of nitrogen functional groups attached to an aromatic ring is 2. The van der Waals surface area contributed by atoms with E-state index < -0.39 is 48.9 Å². The number of aliphatic hydroxyl groups excluding tert-OH is 5. The second-order valence-electron chi connectivity index (χ2n) is 14.2. The van der Waals surface area contributed by atoms with Gasteiger partial charge < -0.3 is 58.3 Å². The van der Waals surface area contributed by atoms with E-state index in [9.17, 15) is 30.0 Å². The number of nitrogens with two attached hydrogens (primary N) is 3. The first-order chi connectivity index (χ1) is 27.3. The van der Waals surface area contributed by atoms with Gasteiger partial charge in [0.05, 0.1) is 18.8 Å². The molecule has 1 heterocycles. The maximum absolute atomic E-state index is 12.5. The van der Waals surface area contributed by atoms with E-state index in [1.54, 1.807) is 0 Å². The molecule has 0 spiro atoms. The minimum absolute atomic E-state index is 0.0705. The maximum atomic E-state index is 12.5. The number of anilines is 2. The molecular formula is C39H61ClN10O7. The van der Waals surface area contributed by atoms with Crippen molar-refractivity contribution in [2.75, 3.05) is 50.8 Å². The molecule has 2 aromatic carbocycles. The number of amides is 2. The quantitative estimate of drug-likeness (QED) is 0.0303. The van der Waals surface area contributed by atoms with Crippen LogP contribution in [0.25, 0.3) is 10.8 Å². The first kappa shape index (κ1) is 47.2. The van der Waals surface area contributed by atoms with Crippen molar-refractivity contribution in [3.05, 3.63) is 58.4 Å². The van der Waals surface area contributed by atoms with Crippen LogP contribution in [0.3, 0.4) is 0 Å². The van der Waals surface area contributed by atoms with E-state index in [-0.39, 0.29) is 35.0 Å². The fourth-order valence-electron chi connectivity index (χ4n) is 6.56. The zero-order valence-corrected chi connectivity index (χ0v) is 33.4. The van der Waals surface area contributed by atoms with Gasteiger partial charge in [0.15, 0.2) is 28.4 Å². The number of aromatic nitrogens is 2. The van der Waals surface area contributed by atoms with Crippen molar-refractivity contribution in [3.63, 3.8) is 0 Å². The molecule has 0 radical (unpaired) electrons. The van der Waals surface area contributed by atoms with E-state index in [0.29, 0.717) is 45.4 Å². The fourth-order valence-corrected chi connectivity index (χ4v) is 6.68. The number of benzene rings is 2. The number of carbonyl (C=O) groups is 2. The molecule has 0 saturated heterocycles. The first-order valence-electron chi connectivity index (χ1n) is 19.6. The van der Waals surface area contributed by atoms with Crippen LogP contribution in [0.2, 0.25) is 5.15 Å². The molecule has 3 rings (SSSR count). The fraction of sp³-hybridized carbons (Fsp3) is 0.564. The van der Waals surface area contributed by atoms with Crippen LogP contribution in [0.5, 0.6) is 0 Å². The lowest BCUT2D eigenvalue weighted by Crippen LogP contribution is -2.50. The van der Waals surface area contributed by atoms with Crippen LogP contribution in [0.1, 0.15) is 79.9 Å². The third kappa shape index (κ3) is 15.2. The molecule has 0 aliphatic carbocycles. The van der Waals surface area contributed by atoms with Crippen LogP contribution in [-0.2, 0) is 17.6 Å². The largest absolute Gasteiger partial charge is 0.394 e. The SMILES string of the molecule is CCCCCCN(CCCNC(CCc1ccc(CCCCNC(=N)NC(=O)c2nc(Cl)c(N)nc2N)c2ccccc12)C(N)=O)C[C@H](O)[C@@H](O)[C@H](O)[C@H](O)CO. The molecule has 57 heavy (non-hydrogen) atoms. The Morgan fingerprint density at radius 2 is 1.49 bits per heavy atom. The molecule has 18 heteroatoms. The predicted octanol–water partition coefficient (Wildman–Crippen LogP) is 0.809. The van der Waals surface area contributed by atoms with Gasteiger partial charge >= 0.3 is 0 Å². The van der Waals surface area contributed by atoms with Gasteiger partial charge in [0, 0.05) is 13.1 Å². The zero-order valence-electron chi connectivity index (χ0n) is 32.7. The van der Waals surface area contributed by atoms with Crippen LogP contribution in [0, 0.1) is 5.41 Å². The summed E-state index contributed by atoms with van der Waals surface area (Å²) in [5.74, 6) is -1.67. The van der Waals surface area contributed by atoms with Gasteiger partial charge in [-0.15, -0.1) is 0 Å². The highest BCUT2D eigenvalue weighted by Crippen LogP contribution is 2.26. The summed E-state index contributed by atoms with van der Waals surface area (Å²) in [6, 6.07) is 11.8. The average Bonchev–Trinajstić information content (AvgIpc) is 3.19. The molecule has 15 N–H and O–H groups in total. The first-order valence-corrected chi connectivity index (χ1v) is 19.9. The number of nitrogens with zero attached hydrogens (tertiary/aromatic N) is 3. The molecule has 0 bridgehead atoms. The number of primary amides is 1. The highest BCUT2D eigenvalue weighted by atomic mass is 35.5. The van der Waals surface area contributed by atoms with E-state index in [1.165, 1.54) is 5.56 Å². The van der Waals surface area contributed by atoms with Crippen molar-refractivity contribution in [2.24, 2.45) is 5.73 Å². The summed E-state index contributed by atoms with van der Waals surface area (Å²) < 4.78 is 0. The van der Waals surface area contributed by atoms with Gasteiger partial charge in [-0.3, -0.25) is 20.3 Å². The number of fused-ring (bicyclic) bond motifs is 1. The Labute approximate surface area is 338 Å². The third-order valence-electron chi connectivity index (χ3n) is 9.82. The summed E-state index contributed by atoms with van der Waals surface area (Å²) in [7, 11) is 0. The van der Waals surface area contributed by atoms with E-state index in [1.807, 2.05) is 17.0 Å². The van der Waals surface area contributed by atoms with Crippen molar-refractivity contribution in [3.8, 4) is 0 Å². The highest BCUT2D eigenvalue weighted by molar-refractivity contribution is 6.31. The van der Waals surface area contributed by atoms with Crippen molar-refractivity contribution in [1.82, 2.24) is 30.8 Å². The van der Waals surface area contributed by atoms with E-state index in [0.717, 1.165) is 61.3 Å². The van der Waals surface area contributed by atoms with Crippen molar-refractivity contribution in [2.45, 2.75) is 102 Å². The Balaban J connectivity index is 1.49. The van der Waals surface area contributed by atoms with Crippen LogP contribution in [0.4, 0.5) is 11.6 Å². The molecule has 0 saturated carbocycles. The minimum atomic E-state index is -1.68. The van der Waals surface area contributed by atoms with Crippen molar-refractivity contribution >= 4 is 51.8 Å². The summed E-state index contributed by atoms with van der Waals surface area (Å²) >= 11 is 5.85. The Morgan fingerprint density at radius 3 is 2.14 bits per heavy atom. The molecule has 0 aliphatic heterocycles. The molecule has 3 aromatic rings. The molecule has 1 unspecified atom stereocenters. The number of nitrogens with one attached hydrogen (secondary N) is 4. The Hall–Kier alpha value is -4.20. The molecule has 2 amide bonds. The normalized spacial score (nSPS) is 14.2. The van der Waals surface area contributed by atoms with Crippen LogP contribution in [0.15, 0.2) is 36.4 Å². The number of aryl methyl sites for hydroxylation is 2. The summed E-state index contributed by atoms with van der Waals surface area (Å²) in [6.07, 6.45) is 1.93. The van der Waals surface area contributed by atoms with Crippen molar-refractivity contribution in [1.29, 1.82) is 5.41 Å². The lowest BCUT2D eigenvalue weighted by molar-refractivity contribution is -0.120. The van der Waals surface area contributed by atoms with Crippen LogP contribution < -0.4 is 33.2 Å². The Bertz CT molecular complexity index is 1740. The Kier molecular flexibility index (Phi) is 20.3. The molecule has 0 aliphatic rings. The molecule has 0 fully saturated rings. The summed E-state index contributed by atoms with van der Waals surface area (Å²) in [5, 5.41) is 68.5. The van der Waals surface area contributed by atoms with Gasteiger partial charge in [0.25, 0.3) is 5.91 Å². The monoisotopic (exact) mass is 816 g/mol. The van der Waals surface area contributed by atoms with Gasteiger partial charge in [-0.2, -0.15) is 0 Å². The highest BCUT2D eigenvalue weighted by Gasteiger charge is 2.31. The van der Waals surface area contributed by atoms with Gasteiger partial charge in [0.1, 0.15) is 18.3 Å². The Morgan fingerprint density at radius 1 is 0.842 bits per heavy atom. The van der Waals surface area contributed by atoms with E-state index in [2.05, 4.69) is 57.1 Å². The van der Waals surface area contributed by atoms with E-state index >= 15 is 0 Å². The number of hydrogen-bond acceptors (Lipinski definition) is 14. The smallest absolute Gasteiger partial charge is 0.280 e. The second kappa shape index (κ2) is 24.5. The molecule has 17 nitrogen and oxygen atoms in total. The number of guanidine groups is 1. The number of hydrogen-bond donors (Lipinski definition) is 12. The molecule has 1 aromatic heterocycles. The third-order valence-corrected chi connectivity index (χ3v) is 10.1. The summed E-state index contributed by atoms with van der Waals surface area (Å²) in [6.45, 7) is 3.61. The topological polar surface area (TPSA) is 302 Å². The number of carbonyl (C=O) groups excluding carboxylic acids is 2. The second-order valence-corrected chi connectivity index (χ2v) is 14.6. The molecule has 5 atom stereocenters. The van der Waals surface area contributed by atoms with Crippen molar-refractivity contribution < 1.29 is 35.1 Å². The van der Waals surface area contributed by atoms with Crippen LogP contribution in [-0.4, -0.2) is 128 Å². The maximum Gasteiger partial charge on any atom is 0.280 e. The van der Waals surface area contributed by atoms with Gasteiger partial charge in [-0.05, 0) is 86.5 Å². The number of aliphatic hydroxyl groups is 5.